The molecule has 2 aromatic carbocycles. The third-order valence-corrected chi connectivity index (χ3v) is 4.72. The monoisotopic (exact) mass is 353 g/mol. The molecule has 26 heavy (non-hydrogen) atoms. The molecule has 1 N–H and O–H groups in total. The van der Waals surface area contributed by atoms with Crippen molar-refractivity contribution in [1.29, 1.82) is 0 Å². The molecule has 0 fully saturated rings. The minimum Gasteiger partial charge on any atom is -0.487 e. The van der Waals surface area contributed by atoms with Crippen molar-refractivity contribution in [3.8, 4) is 11.5 Å². The molecule has 4 nitrogen and oxygen atoms in total. The van der Waals surface area contributed by atoms with E-state index in [1.807, 2.05) is 76.2 Å². The van der Waals surface area contributed by atoms with E-state index in [-0.39, 0.29) is 17.6 Å². The molecule has 0 bridgehead atoms. The summed E-state index contributed by atoms with van der Waals surface area (Å²) in [6, 6.07) is 15.6. The Hall–Kier alpha value is -2.49. The molecule has 0 radical (unpaired) electrons. The van der Waals surface area contributed by atoms with Crippen LogP contribution in [0.4, 0.5) is 0 Å². The average Bonchev–Trinajstić information content (AvgIpc) is 2.60. The number of benzene rings is 2. The smallest absolute Gasteiger partial charge is 0.261 e. The highest BCUT2D eigenvalue weighted by Crippen LogP contribution is 2.39. The zero-order chi connectivity index (χ0) is 18.7. The number of hydrogen-bond acceptors (Lipinski definition) is 3. The molecule has 1 amide bonds. The Morgan fingerprint density at radius 3 is 2.65 bits per heavy atom. The van der Waals surface area contributed by atoms with Crippen molar-refractivity contribution < 1.29 is 14.3 Å². The minimum atomic E-state index is -0.519. The van der Waals surface area contributed by atoms with E-state index in [4.69, 9.17) is 9.47 Å². The van der Waals surface area contributed by atoms with E-state index in [0.29, 0.717) is 6.42 Å². The molecule has 2 aromatic rings. The average molecular weight is 353 g/mol. The molecule has 0 saturated carbocycles. The Morgan fingerprint density at radius 1 is 1.23 bits per heavy atom. The number of carbonyl (C=O) groups is 1. The number of aryl methyl sites for hydroxylation is 1. The van der Waals surface area contributed by atoms with Crippen LogP contribution in [0.15, 0.2) is 48.5 Å². The quantitative estimate of drug-likeness (QED) is 0.856. The van der Waals surface area contributed by atoms with Crippen LogP contribution < -0.4 is 14.8 Å². The lowest BCUT2D eigenvalue weighted by atomic mass is 9.89. The van der Waals surface area contributed by atoms with Crippen molar-refractivity contribution >= 4 is 5.91 Å². The van der Waals surface area contributed by atoms with Crippen LogP contribution >= 0.6 is 0 Å². The molecule has 0 unspecified atom stereocenters. The summed E-state index contributed by atoms with van der Waals surface area (Å²) in [4.78, 5) is 12.9. The summed E-state index contributed by atoms with van der Waals surface area (Å²) in [5.41, 5.74) is 1.72. The molecule has 3 rings (SSSR count). The molecule has 1 aliphatic rings. The number of para-hydroxylation sites is 2. The Balaban J connectivity index is 1.77. The number of rotatable bonds is 5. The third kappa shape index (κ3) is 4.01. The summed E-state index contributed by atoms with van der Waals surface area (Å²) < 4.78 is 12.0. The summed E-state index contributed by atoms with van der Waals surface area (Å²) in [7, 11) is 0. The van der Waals surface area contributed by atoms with Gasteiger partial charge in [0.15, 0.2) is 6.10 Å². The largest absolute Gasteiger partial charge is 0.487 e. The van der Waals surface area contributed by atoms with Crippen LogP contribution in [0.3, 0.4) is 0 Å². The Bertz CT molecular complexity index is 784. The maximum atomic E-state index is 12.9. The zero-order valence-corrected chi connectivity index (χ0v) is 15.9. The van der Waals surface area contributed by atoms with E-state index in [1.54, 1.807) is 0 Å². The van der Waals surface area contributed by atoms with Gasteiger partial charge in [0.1, 0.15) is 17.1 Å². The molecule has 0 aromatic heterocycles. The third-order valence-electron chi connectivity index (χ3n) is 4.72. The van der Waals surface area contributed by atoms with Crippen LogP contribution in [0.5, 0.6) is 11.5 Å². The highest BCUT2D eigenvalue weighted by Gasteiger charge is 2.35. The van der Waals surface area contributed by atoms with Gasteiger partial charge in [0, 0.05) is 12.0 Å². The van der Waals surface area contributed by atoms with E-state index < -0.39 is 6.10 Å². The van der Waals surface area contributed by atoms with E-state index in [9.17, 15) is 4.79 Å². The van der Waals surface area contributed by atoms with Crippen LogP contribution in [0.25, 0.3) is 0 Å². The van der Waals surface area contributed by atoms with Gasteiger partial charge in [0.25, 0.3) is 5.91 Å². The molecule has 0 aliphatic carbocycles. The second kappa shape index (κ2) is 7.40. The maximum Gasteiger partial charge on any atom is 0.261 e. The lowest BCUT2D eigenvalue weighted by Crippen LogP contribution is -2.45. The van der Waals surface area contributed by atoms with Gasteiger partial charge in [0.05, 0.1) is 6.04 Å². The Morgan fingerprint density at radius 2 is 1.92 bits per heavy atom. The van der Waals surface area contributed by atoms with Crippen molar-refractivity contribution in [2.45, 2.75) is 58.3 Å². The summed E-state index contributed by atoms with van der Waals surface area (Å²) >= 11 is 0. The van der Waals surface area contributed by atoms with Gasteiger partial charge in [-0.1, -0.05) is 43.3 Å². The van der Waals surface area contributed by atoms with Crippen molar-refractivity contribution in [2.75, 3.05) is 0 Å². The summed E-state index contributed by atoms with van der Waals surface area (Å²) in [6.07, 6.45) is 0.805. The van der Waals surface area contributed by atoms with Gasteiger partial charge >= 0.3 is 0 Å². The zero-order valence-electron chi connectivity index (χ0n) is 15.9. The normalized spacial score (nSPS) is 19.0. The first-order valence-corrected chi connectivity index (χ1v) is 9.20. The fourth-order valence-electron chi connectivity index (χ4n) is 3.36. The van der Waals surface area contributed by atoms with Gasteiger partial charge in [-0.15, -0.1) is 0 Å². The van der Waals surface area contributed by atoms with Gasteiger partial charge in [-0.05, 0) is 44.9 Å². The van der Waals surface area contributed by atoms with E-state index >= 15 is 0 Å². The van der Waals surface area contributed by atoms with Crippen molar-refractivity contribution in [1.82, 2.24) is 5.32 Å². The number of ether oxygens (including phenoxy) is 2. The molecule has 0 spiro atoms. The van der Waals surface area contributed by atoms with Gasteiger partial charge in [-0.3, -0.25) is 4.79 Å². The van der Waals surface area contributed by atoms with E-state index in [1.165, 1.54) is 0 Å². The first kappa shape index (κ1) is 18.3. The van der Waals surface area contributed by atoms with Gasteiger partial charge in [0.2, 0.25) is 0 Å². The summed E-state index contributed by atoms with van der Waals surface area (Å²) in [5.74, 6) is 1.50. The van der Waals surface area contributed by atoms with Gasteiger partial charge in [-0.25, -0.2) is 0 Å². The lowest BCUT2D eigenvalue weighted by molar-refractivity contribution is -0.129. The SMILES string of the molecule is CC[C@@H](Oc1ccccc1C)C(=O)N[C@@H]1CC(C)(C)Oc2ccccc21. The Kier molecular flexibility index (Phi) is 5.21. The van der Waals surface area contributed by atoms with Crippen LogP contribution in [0.2, 0.25) is 0 Å². The molecule has 1 heterocycles. The first-order valence-electron chi connectivity index (χ1n) is 9.20. The van der Waals surface area contributed by atoms with Crippen LogP contribution in [-0.4, -0.2) is 17.6 Å². The van der Waals surface area contributed by atoms with Gasteiger partial charge < -0.3 is 14.8 Å². The second-order valence-corrected chi connectivity index (χ2v) is 7.45. The fourth-order valence-corrected chi connectivity index (χ4v) is 3.36. The lowest BCUT2D eigenvalue weighted by Gasteiger charge is -2.38. The van der Waals surface area contributed by atoms with E-state index in [2.05, 4.69) is 5.32 Å². The summed E-state index contributed by atoms with van der Waals surface area (Å²) in [6.45, 7) is 8.04. The molecular weight excluding hydrogens is 326 g/mol. The fraction of sp³-hybridized carbons (Fsp3) is 0.409. The maximum absolute atomic E-state index is 12.9. The number of carbonyl (C=O) groups excluding carboxylic acids is 1. The topological polar surface area (TPSA) is 47.6 Å². The van der Waals surface area contributed by atoms with E-state index in [0.717, 1.165) is 29.0 Å². The second-order valence-electron chi connectivity index (χ2n) is 7.45. The molecule has 2 atom stereocenters. The first-order chi connectivity index (χ1) is 12.4. The Labute approximate surface area is 155 Å². The highest BCUT2D eigenvalue weighted by molar-refractivity contribution is 5.81. The predicted molar refractivity (Wildman–Crippen MR) is 103 cm³/mol. The van der Waals surface area contributed by atoms with Gasteiger partial charge in [-0.2, -0.15) is 0 Å². The molecule has 0 saturated heterocycles. The van der Waals surface area contributed by atoms with Crippen molar-refractivity contribution in [3.05, 3.63) is 59.7 Å². The number of nitrogens with one attached hydrogen (secondary N) is 1. The summed E-state index contributed by atoms with van der Waals surface area (Å²) in [5, 5.41) is 3.18. The standard InChI is InChI=1S/C22H27NO3/c1-5-18(25-19-12-8-6-10-15(19)2)21(24)23-17-14-22(3,4)26-20-13-9-7-11-16(17)20/h6-13,17-18H,5,14H2,1-4H3,(H,23,24)/t17-,18-/m1/s1. The minimum absolute atomic E-state index is 0.0861. The number of hydrogen-bond donors (Lipinski definition) is 1. The molecule has 4 heteroatoms. The van der Waals surface area contributed by atoms with Crippen molar-refractivity contribution in [3.63, 3.8) is 0 Å². The van der Waals surface area contributed by atoms with Crippen LogP contribution in [0, 0.1) is 6.92 Å². The number of fused-ring (bicyclic) bond motifs is 1. The van der Waals surface area contributed by atoms with Crippen LogP contribution in [0.1, 0.15) is 50.8 Å². The van der Waals surface area contributed by atoms with Crippen molar-refractivity contribution in [2.24, 2.45) is 0 Å². The molecule has 1 aliphatic heterocycles. The molecule has 138 valence electrons. The van der Waals surface area contributed by atoms with Crippen LogP contribution in [-0.2, 0) is 4.79 Å². The predicted octanol–water partition coefficient (Wildman–Crippen LogP) is 4.57. The highest BCUT2D eigenvalue weighted by atomic mass is 16.5. The number of amides is 1. The molecular formula is C22H27NO3.